The van der Waals surface area contributed by atoms with Crippen molar-refractivity contribution in [1.29, 1.82) is 0 Å². The fourth-order valence-corrected chi connectivity index (χ4v) is 5.41. The van der Waals surface area contributed by atoms with E-state index in [4.69, 9.17) is 4.74 Å². The van der Waals surface area contributed by atoms with Gasteiger partial charge in [0, 0.05) is 32.8 Å². The summed E-state index contributed by atoms with van der Waals surface area (Å²) < 4.78 is 34.4. The summed E-state index contributed by atoms with van der Waals surface area (Å²) in [7, 11) is -0.416. The molecule has 1 atom stereocenters. The number of carbonyl (C=O) groups is 1. The molecular formula is C19H29N5O4S2. The van der Waals surface area contributed by atoms with Crippen molar-refractivity contribution >= 4 is 27.7 Å². The smallest absolute Gasteiger partial charge is 0.243 e. The van der Waals surface area contributed by atoms with E-state index >= 15 is 0 Å². The second kappa shape index (κ2) is 10.9. The van der Waals surface area contributed by atoms with Gasteiger partial charge in [0.2, 0.25) is 15.9 Å². The Labute approximate surface area is 182 Å². The van der Waals surface area contributed by atoms with E-state index in [1.165, 1.54) is 16.1 Å². The maximum atomic E-state index is 12.9. The van der Waals surface area contributed by atoms with Crippen LogP contribution in [-0.4, -0.2) is 73.0 Å². The first-order chi connectivity index (χ1) is 14.3. The van der Waals surface area contributed by atoms with Crippen LogP contribution in [0.1, 0.15) is 26.8 Å². The monoisotopic (exact) mass is 455 g/mol. The van der Waals surface area contributed by atoms with Crippen molar-refractivity contribution in [2.24, 2.45) is 0 Å². The highest BCUT2D eigenvalue weighted by Gasteiger charge is 2.24. The van der Waals surface area contributed by atoms with Crippen LogP contribution in [-0.2, 0) is 19.6 Å². The third kappa shape index (κ3) is 5.39. The predicted octanol–water partition coefficient (Wildman–Crippen LogP) is 2.02. The van der Waals surface area contributed by atoms with Gasteiger partial charge in [-0.3, -0.25) is 9.36 Å². The van der Waals surface area contributed by atoms with Crippen molar-refractivity contribution in [1.82, 2.24) is 24.4 Å². The highest BCUT2D eigenvalue weighted by molar-refractivity contribution is 7.99. The summed E-state index contributed by atoms with van der Waals surface area (Å²) in [6.07, 6.45) is 0. The zero-order valence-electron chi connectivity index (χ0n) is 18.0. The topological polar surface area (TPSA) is 106 Å². The summed E-state index contributed by atoms with van der Waals surface area (Å²) in [5.74, 6) is 0.600. The number of hydrogen-bond donors (Lipinski definition) is 1. The van der Waals surface area contributed by atoms with E-state index in [9.17, 15) is 13.2 Å². The molecule has 0 bridgehead atoms. The average molecular weight is 456 g/mol. The van der Waals surface area contributed by atoms with Crippen LogP contribution in [0.2, 0.25) is 0 Å². The number of hydrogen-bond acceptors (Lipinski definition) is 7. The molecule has 1 heterocycles. The van der Waals surface area contributed by atoms with Crippen molar-refractivity contribution in [3.05, 3.63) is 24.3 Å². The average Bonchev–Trinajstić information content (AvgIpc) is 3.17. The zero-order chi connectivity index (χ0) is 22.3. The van der Waals surface area contributed by atoms with Gasteiger partial charge < -0.3 is 10.1 Å². The van der Waals surface area contributed by atoms with Crippen LogP contribution >= 0.6 is 11.8 Å². The normalized spacial score (nSPS) is 12.9. The van der Waals surface area contributed by atoms with Crippen molar-refractivity contribution in [3.63, 3.8) is 0 Å². The van der Waals surface area contributed by atoms with Crippen LogP contribution in [0.4, 0.5) is 0 Å². The van der Waals surface area contributed by atoms with Crippen LogP contribution in [0.25, 0.3) is 11.4 Å². The van der Waals surface area contributed by atoms with Gasteiger partial charge in [0.15, 0.2) is 11.0 Å². The number of nitrogens with zero attached hydrogens (tertiary/aromatic N) is 4. The van der Waals surface area contributed by atoms with Crippen molar-refractivity contribution < 1.29 is 17.9 Å². The van der Waals surface area contributed by atoms with Gasteiger partial charge >= 0.3 is 0 Å². The molecule has 0 fully saturated rings. The quantitative estimate of drug-likeness (QED) is 0.517. The molecule has 0 aliphatic heterocycles. The van der Waals surface area contributed by atoms with E-state index in [1.54, 1.807) is 38.4 Å². The predicted molar refractivity (Wildman–Crippen MR) is 117 cm³/mol. The largest absolute Gasteiger partial charge is 0.383 e. The number of aromatic nitrogens is 3. The van der Waals surface area contributed by atoms with E-state index in [-0.39, 0.29) is 22.6 Å². The minimum absolute atomic E-state index is 0.116. The molecule has 1 amide bonds. The summed E-state index contributed by atoms with van der Waals surface area (Å²) in [6, 6.07) is 6.58. The number of ether oxygens (including phenoxy) is 1. The molecule has 166 valence electrons. The summed E-state index contributed by atoms with van der Waals surface area (Å²) >= 11 is 1.27. The molecule has 1 aromatic carbocycles. The standard InChI is InChI=1S/C19H29N5O4S2/c1-6-23(7-2)30(26,27)16-10-8-9-15(11-16)18-21-22-19(29-13-17(25)20-4)24(18)14(3)12-28-5/h8-11,14H,6-7,12-13H2,1-5H3,(H,20,25). The van der Waals surface area contributed by atoms with E-state index in [1.807, 2.05) is 25.3 Å². The Hall–Kier alpha value is -1.95. The zero-order valence-corrected chi connectivity index (χ0v) is 19.6. The second-order valence-electron chi connectivity index (χ2n) is 6.56. The molecule has 0 aliphatic carbocycles. The number of carbonyl (C=O) groups excluding carboxylic acids is 1. The summed E-state index contributed by atoms with van der Waals surface area (Å²) in [4.78, 5) is 11.9. The van der Waals surface area contributed by atoms with E-state index in [0.29, 0.717) is 36.2 Å². The molecule has 0 spiro atoms. The Balaban J connectivity index is 2.50. The highest BCUT2D eigenvalue weighted by Crippen LogP contribution is 2.29. The minimum Gasteiger partial charge on any atom is -0.383 e. The summed E-state index contributed by atoms with van der Waals surface area (Å²) in [5.41, 5.74) is 0.630. The first-order valence-corrected chi connectivity index (χ1v) is 12.1. The molecule has 9 nitrogen and oxygen atoms in total. The molecule has 0 radical (unpaired) electrons. The molecule has 0 aliphatic rings. The number of amides is 1. The van der Waals surface area contributed by atoms with Crippen LogP contribution in [0.15, 0.2) is 34.3 Å². The molecule has 11 heteroatoms. The number of sulfonamides is 1. The van der Waals surface area contributed by atoms with Gasteiger partial charge in [-0.25, -0.2) is 8.42 Å². The fourth-order valence-electron chi connectivity index (χ4n) is 3.00. The van der Waals surface area contributed by atoms with Gasteiger partial charge in [0.25, 0.3) is 0 Å². The molecule has 30 heavy (non-hydrogen) atoms. The van der Waals surface area contributed by atoms with E-state index in [2.05, 4.69) is 15.5 Å². The number of thioether (sulfide) groups is 1. The lowest BCUT2D eigenvalue weighted by atomic mass is 10.2. The molecule has 1 aromatic heterocycles. The van der Waals surface area contributed by atoms with Crippen LogP contribution < -0.4 is 5.32 Å². The third-order valence-electron chi connectivity index (χ3n) is 4.56. The maximum Gasteiger partial charge on any atom is 0.243 e. The van der Waals surface area contributed by atoms with Gasteiger partial charge in [0.05, 0.1) is 23.3 Å². The highest BCUT2D eigenvalue weighted by atomic mass is 32.2. The maximum absolute atomic E-state index is 12.9. The molecule has 2 rings (SSSR count). The molecular weight excluding hydrogens is 426 g/mol. The first kappa shape index (κ1) is 24.3. The number of benzene rings is 1. The Morgan fingerprint density at radius 2 is 2.00 bits per heavy atom. The second-order valence-corrected chi connectivity index (χ2v) is 9.44. The number of rotatable bonds is 11. The Morgan fingerprint density at radius 3 is 2.60 bits per heavy atom. The van der Waals surface area contributed by atoms with Gasteiger partial charge in [-0.1, -0.05) is 37.7 Å². The van der Waals surface area contributed by atoms with Crippen LogP contribution in [0.5, 0.6) is 0 Å². The Bertz CT molecular complexity index is 958. The van der Waals surface area contributed by atoms with Gasteiger partial charge in [0.1, 0.15) is 0 Å². The van der Waals surface area contributed by atoms with Crippen molar-refractivity contribution in [2.75, 3.05) is 39.6 Å². The van der Waals surface area contributed by atoms with E-state index < -0.39 is 10.0 Å². The number of nitrogens with one attached hydrogen (secondary N) is 1. The number of methoxy groups -OCH3 is 1. The van der Waals surface area contributed by atoms with Crippen LogP contribution in [0, 0.1) is 0 Å². The summed E-state index contributed by atoms with van der Waals surface area (Å²) in [5, 5.41) is 11.7. The molecule has 0 saturated heterocycles. The van der Waals surface area contributed by atoms with Gasteiger partial charge in [-0.05, 0) is 19.1 Å². The molecule has 1 N–H and O–H groups in total. The fraction of sp³-hybridized carbons (Fsp3) is 0.526. The van der Waals surface area contributed by atoms with Crippen LogP contribution in [0.3, 0.4) is 0 Å². The first-order valence-electron chi connectivity index (χ1n) is 9.67. The van der Waals surface area contributed by atoms with Crippen molar-refractivity contribution in [3.8, 4) is 11.4 Å². The van der Waals surface area contributed by atoms with Gasteiger partial charge in [-0.2, -0.15) is 4.31 Å². The SMILES string of the molecule is CCN(CC)S(=O)(=O)c1cccc(-c2nnc(SCC(=O)NC)n2C(C)COC)c1. The summed E-state index contributed by atoms with van der Waals surface area (Å²) in [6.45, 7) is 6.77. The van der Waals surface area contributed by atoms with Crippen molar-refractivity contribution in [2.45, 2.75) is 36.9 Å². The van der Waals surface area contributed by atoms with Gasteiger partial charge in [-0.15, -0.1) is 10.2 Å². The third-order valence-corrected chi connectivity index (χ3v) is 7.55. The minimum atomic E-state index is -3.60. The molecule has 2 aromatic rings. The Morgan fingerprint density at radius 1 is 1.30 bits per heavy atom. The van der Waals surface area contributed by atoms with E-state index in [0.717, 1.165) is 0 Å². The molecule has 1 unspecified atom stereocenters. The lowest BCUT2D eigenvalue weighted by molar-refractivity contribution is -0.118. The lowest BCUT2D eigenvalue weighted by Gasteiger charge is -2.20. The Kier molecular flexibility index (Phi) is 8.83. The lowest BCUT2D eigenvalue weighted by Crippen LogP contribution is -2.30. The molecule has 0 saturated carbocycles.